The molecule has 1 aliphatic rings. The Bertz CT molecular complexity index is 1080. The van der Waals surface area contributed by atoms with Crippen molar-refractivity contribution in [2.75, 3.05) is 13.0 Å². The highest BCUT2D eigenvalue weighted by Gasteiger charge is 2.39. The van der Waals surface area contributed by atoms with Crippen LogP contribution in [0.4, 0.5) is 0 Å². The van der Waals surface area contributed by atoms with Crippen molar-refractivity contribution in [2.24, 2.45) is 11.8 Å². The number of amides is 1. The van der Waals surface area contributed by atoms with E-state index >= 15 is 0 Å². The van der Waals surface area contributed by atoms with Crippen LogP contribution in [0.2, 0.25) is 0 Å². The Balaban J connectivity index is 1.82. The SMILES string of the molecule is CC(=O)OCN(C(=O)CCC/C=C\C[C@H]1[C@H](/C=C/[C@H](O)CCc2cc(C)c(Br)s2)[C@@H](O)C[C@H]1O)S(C)(=O)=O. The van der Waals surface area contributed by atoms with E-state index in [0.29, 0.717) is 30.0 Å². The van der Waals surface area contributed by atoms with Gasteiger partial charge < -0.3 is 20.1 Å². The number of sulfonamides is 1. The minimum absolute atomic E-state index is 0.0330. The van der Waals surface area contributed by atoms with Crippen LogP contribution in [0.3, 0.4) is 0 Å². The molecule has 5 atom stereocenters. The van der Waals surface area contributed by atoms with Gasteiger partial charge in [0.1, 0.15) is 0 Å². The van der Waals surface area contributed by atoms with Crippen molar-refractivity contribution in [1.29, 1.82) is 0 Å². The molecular weight excluding hydrogens is 598 g/mol. The molecule has 1 fully saturated rings. The number of hydrogen-bond donors (Lipinski definition) is 3. The molecule has 3 N–H and O–H groups in total. The Morgan fingerprint density at radius 2 is 2.00 bits per heavy atom. The smallest absolute Gasteiger partial charge is 0.304 e. The number of rotatable bonds is 14. The van der Waals surface area contributed by atoms with Gasteiger partial charge in [-0.1, -0.05) is 24.3 Å². The lowest BCUT2D eigenvalue weighted by Gasteiger charge is -2.20. The summed E-state index contributed by atoms with van der Waals surface area (Å²) < 4.78 is 29.9. The summed E-state index contributed by atoms with van der Waals surface area (Å²) in [6.07, 6.45) is 9.09. The van der Waals surface area contributed by atoms with Gasteiger partial charge in [0.25, 0.3) is 0 Å². The van der Waals surface area contributed by atoms with Crippen LogP contribution in [-0.4, -0.2) is 71.2 Å². The summed E-state index contributed by atoms with van der Waals surface area (Å²) in [7, 11) is -3.85. The summed E-state index contributed by atoms with van der Waals surface area (Å²) >= 11 is 5.17. The molecule has 0 saturated heterocycles. The minimum Gasteiger partial charge on any atom is -0.443 e. The summed E-state index contributed by atoms with van der Waals surface area (Å²) in [4.78, 5) is 24.4. The zero-order valence-corrected chi connectivity index (χ0v) is 25.2. The van der Waals surface area contributed by atoms with Gasteiger partial charge in [-0.25, -0.2) is 12.7 Å². The summed E-state index contributed by atoms with van der Waals surface area (Å²) in [6, 6.07) is 2.10. The fourth-order valence-electron chi connectivity index (χ4n) is 4.37. The predicted octanol–water partition coefficient (Wildman–Crippen LogP) is 3.45. The van der Waals surface area contributed by atoms with Crippen molar-refractivity contribution in [2.45, 2.75) is 77.1 Å². The number of hydrogen-bond acceptors (Lipinski definition) is 9. The summed E-state index contributed by atoms with van der Waals surface area (Å²) in [5, 5.41) is 31.3. The molecule has 1 aliphatic carbocycles. The molecule has 0 unspecified atom stereocenters. The van der Waals surface area contributed by atoms with Crippen molar-refractivity contribution >= 4 is 49.2 Å². The number of carbonyl (C=O) groups excluding carboxylic acids is 2. The van der Waals surface area contributed by atoms with E-state index in [2.05, 4.69) is 26.7 Å². The lowest BCUT2D eigenvalue weighted by molar-refractivity contribution is -0.146. The van der Waals surface area contributed by atoms with Crippen LogP contribution in [-0.2, 0) is 30.8 Å². The molecule has 9 nitrogen and oxygen atoms in total. The zero-order valence-electron chi connectivity index (χ0n) is 22.0. The van der Waals surface area contributed by atoms with Crippen LogP contribution < -0.4 is 0 Å². The number of ether oxygens (including phenoxy) is 1. The van der Waals surface area contributed by atoms with E-state index in [0.717, 1.165) is 23.4 Å². The Labute approximate surface area is 237 Å². The van der Waals surface area contributed by atoms with Gasteiger partial charge in [-0.3, -0.25) is 9.59 Å². The molecule has 0 radical (unpaired) electrons. The third-order valence-corrected chi connectivity index (χ3v) is 9.77. The summed E-state index contributed by atoms with van der Waals surface area (Å²) in [6.45, 7) is 2.52. The standard InChI is InChI=1S/C26H38BrNO8S2/c1-17-14-20(37-26(17)27)12-10-19(30)11-13-22-21(23(31)15-24(22)32)8-6-4-5-7-9-25(33)28(38(3,34)35)16-36-18(2)29/h4,6,11,13-14,19,21-24,30-32H,5,7-10,12,15-16H2,1-3H3/b6-4-,13-11+/t19-,21+,22+,23-,24+/m1/s1. The number of aliphatic hydroxyl groups is 3. The van der Waals surface area contributed by atoms with E-state index < -0.39 is 46.9 Å². The van der Waals surface area contributed by atoms with Crippen molar-refractivity contribution in [3.05, 3.63) is 44.6 Å². The molecule has 1 saturated carbocycles. The average molecular weight is 637 g/mol. The van der Waals surface area contributed by atoms with Crippen LogP contribution >= 0.6 is 27.3 Å². The number of allylic oxidation sites excluding steroid dienone is 2. The molecule has 1 heterocycles. The highest BCUT2D eigenvalue weighted by Crippen LogP contribution is 2.36. The summed E-state index contributed by atoms with van der Waals surface area (Å²) in [5.74, 6) is -1.82. The van der Waals surface area contributed by atoms with E-state index in [-0.39, 0.29) is 24.7 Å². The molecule has 12 heteroatoms. The lowest BCUT2D eigenvalue weighted by atomic mass is 9.89. The van der Waals surface area contributed by atoms with Crippen molar-refractivity contribution < 1.29 is 38.1 Å². The second kappa shape index (κ2) is 15.3. The molecule has 1 aromatic rings. The fourth-order valence-corrected chi connectivity index (χ4v) is 6.71. The highest BCUT2D eigenvalue weighted by molar-refractivity contribution is 9.11. The van der Waals surface area contributed by atoms with Gasteiger partial charge in [0.2, 0.25) is 15.9 Å². The quantitative estimate of drug-likeness (QED) is 0.122. The first-order chi connectivity index (χ1) is 17.8. The normalized spacial score (nSPS) is 22.8. The topological polar surface area (TPSA) is 141 Å². The van der Waals surface area contributed by atoms with Gasteiger partial charge >= 0.3 is 5.97 Å². The van der Waals surface area contributed by atoms with Gasteiger partial charge in [-0.2, -0.15) is 0 Å². The Hall–Kier alpha value is -1.57. The highest BCUT2D eigenvalue weighted by atomic mass is 79.9. The molecular formula is C26H38BrNO8S2. The van der Waals surface area contributed by atoms with Crippen molar-refractivity contribution in [1.82, 2.24) is 4.31 Å². The predicted molar refractivity (Wildman–Crippen MR) is 150 cm³/mol. The van der Waals surface area contributed by atoms with Crippen molar-refractivity contribution in [3.8, 4) is 0 Å². The zero-order chi connectivity index (χ0) is 28.5. The number of aryl methyl sites for hydroxylation is 2. The molecule has 1 aromatic heterocycles. The second-order valence-corrected chi connectivity index (χ2v) is 14.0. The Kier molecular flexibility index (Phi) is 13.1. The Morgan fingerprint density at radius 3 is 2.61 bits per heavy atom. The molecule has 0 aromatic carbocycles. The van der Waals surface area contributed by atoms with Gasteiger partial charge in [0.15, 0.2) is 6.73 Å². The van der Waals surface area contributed by atoms with Crippen LogP contribution in [0.5, 0.6) is 0 Å². The van der Waals surface area contributed by atoms with E-state index in [9.17, 15) is 33.3 Å². The molecule has 1 amide bonds. The van der Waals surface area contributed by atoms with Crippen LogP contribution in [0.1, 0.15) is 55.9 Å². The number of unbranched alkanes of at least 4 members (excludes halogenated alkanes) is 1. The van der Waals surface area contributed by atoms with Gasteiger partial charge in [-0.15, -0.1) is 11.3 Å². The van der Waals surface area contributed by atoms with Crippen LogP contribution in [0, 0.1) is 18.8 Å². The number of halogens is 1. The van der Waals surface area contributed by atoms with Crippen LogP contribution in [0.15, 0.2) is 34.2 Å². The number of aliphatic hydroxyl groups excluding tert-OH is 3. The Morgan fingerprint density at radius 1 is 1.29 bits per heavy atom. The molecule has 38 heavy (non-hydrogen) atoms. The molecule has 2 rings (SSSR count). The molecule has 0 spiro atoms. The first-order valence-electron chi connectivity index (χ1n) is 12.6. The van der Waals surface area contributed by atoms with E-state index in [1.807, 2.05) is 19.1 Å². The maximum Gasteiger partial charge on any atom is 0.304 e. The van der Waals surface area contributed by atoms with Crippen LogP contribution in [0.25, 0.3) is 0 Å². The maximum atomic E-state index is 12.3. The van der Waals surface area contributed by atoms with Gasteiger partial charge in [0.05, 0.1) is 28.4 Å². The molecule has 214 valence electrons. The average Bonchev–Trinajstić information content (AvgIpc) is 3.28. The minimum atomic E-state index is -3.85. The third kappa shape index (κ3) is 10.5. The van der Waals surface area contributed by atoms with E-state index in [1.165, 1.54) is 10.4 Å². The van der Waals surface area contributed by atoms with Crippen molar-refractivity contribution in [3.63, 3.8) is 0 Å². The first-order valence-corrected chi connectivity index (χ1v) is 16.0. The van der Waals surface area contributed by atoms with Gasteiger partial charge in [-0.05, 0) is 72.5 Å². The lowest BCUT2D eigenvalue weighted by Crippen LogP contribution is -2.38. The number of nitrogens with zero attached hydrogens (tertiary/aromatic N) is 1. The fraction of sp³-hybridized carbons (Fsp3) is 0.615. The van der Waals surface area contributed by atoms with E-state index in [4.69, 9.17) is 0 Å². The number of carbonyl (C=O) groups is 2. The maximum absolute atomic E-state index is 12.3. The van der Waals surface area contributed by atoms with Gasteiger partial charge in [0, 0.05) is 30.6 Å². The molecule has 0 aliphatic heterocycles. The van der Waals surface area contributed by atoms with E-state index in [1.54, 1.807) is 23.5 Å². The second-order valence-electron chi connectivity index (χ2n) is 9.64. The number of thiophene rings is 1. The third-order valence-electron chi connectivity index (χ3n) is 6.47. The summed E-state index contributed by atoms with van der Waals surface area (Å²) in [5.41, 5.74) is 1.18. The number of esters is 1. The monoisotopic (exact) mass is 635 g/mol. The largest absolute Gasteiger partial charge is 0.443 e. The first kappa shape index (κ1) is 32.6. The molecule has 0 bridgehead atoms.